The molecule has 0 bridgehead atoms. The molecule has 0 heterocycles. The molecule has 7 heteroatoms. The standard InChI is InChI=1S/C6H9NO3S3/c8-4(1-11)7(5(9)2-12)6(10)3-13/h1-6,8-10H. The summed E-state index contributed by atoms with van der Waals surface area (Å²) in [7, 11) is 0. The van der Waals surface area contributed by atoms with Gasteiger partial charge in [0, 0.05) is 16.1 Å². The third-order valence-electron chi connectivity index (χ3n) is 1.28. The van der Waals surface area contributed by atoms with Crippen molar-refractivity contribution >= 4 is 52.8 Å². The van der Waals surface area contributed by atoms with Crippen molar-refractivity contribution in [3.8, 4) is 0 Å². The Morgan fingerprint density at radius 3 is 1.15 bits per heavy atom. The quantitative estimate of drug-likeness (QED) is 0.416. The van der Waals surface area contributed by atoms with Crippen LogP contribution in [0.3, 0.4) is 0 Å². The minimum atomic E-state index is -1.28. The van der Waals surface area contributed by atoms with E-state index < -0.39 is 18.7 Å². The molecule has 0 aromatic carbocycles. The highest BCUT2D eigenvalue weighted by atomic mass is 32.1. The van der Waals surface area contributed by atoms with E-state index in [0.717, 1.165) is 21.0 Å². The molecule has 74 valence electrons. The van der Waals surface area contributed by atoms with Gasteiger partial charge in [-0.25, -0.2) is 4.90 Å². The second-order valence-electron chi connectivity index (χ2n) is 2.10. The van der Waals surface area contributed by atoms with Gasteiger partial charge in [0.1, 0.15) is 18.7 Å². The Labute approximate surface area is 91.8 Å². The summed E-state index contributed by atoms with van der Waals surface area (Å²) < 4.78 is 0. The van der Waals surface area contributed by atoms with Crippen LogP contribution in [-0.2, 0) is 0 Å². The van der Waals surface area contributed by atoms with Gasteiger partial charge in [0.15, 0.2) is 0 Å². The molecule has 0 amide bonds. The highest BCUT2D eigenvalue weighted by Gasteiger charge is 2.25. The third-order valence-corrected chi connectivity index (χ3v) is 2.01. The Bertz CT molecular complexity index is 168. The fourth-order valence-electron chi connectivity index (χ4n) is 0.680. The Hall–Kier alpha value is 0.110. The maximum absolute atomic E-state index is 9.23. The second kappa shape index (κ2) is 6.55. The fraction of sp³-hybridized carbons (Fsp3) is 0.500. The lowest BCUT2D eigenvalue weighted by molar-refractivity contribution is -0.0975. The Morgan fingerprint density at radius 1 is 0.769 bits per heavy atom. The van der Waals surface area contributed by atoms with Crippen LogP contribution in [0.5, 0.6) is 0 Å². The van der Waals surface area contributed by atoms with E-state index in [1.807, 2.05) is 0 Å². The Balaban J connectivity index is 4.61. The normalized spacial score (nSPS) is 17.5. The van der Waals surface area contributed by atoms with E-state index in [1.165, 1.54) is 0 Å². The van der Waals surface area contributed by atoms with Crippen LogP contribution < -0.4 is 0 Å². The molecule has 4 nitrogen and oxygen atoms in total. The summed E-state index contributed by atoms with van der Waals surface area (Å²) in [6, 6.07) is 0. The monoisotopic (exact) mass is 239 g/mol. The number of nitrogens with zero attached hydrogens (tertiary/aromatic N) is 1. The van der Waals surface area contributed by atoms with Gasteiger partial charge in [-0.1, -0.05) is 36.7 Å². The van der Waals surface area contributed by atoms with E-state index in [9.17, 15) is 15.3 Å². The number of hydrogen-bond acceptors (Lipinski definition) is 7. The predicted molar refractivity (Wildman–Crippen MR) is 60.8 cm³/mol. The lowest BCUT2D eigenvalue weighted by Crippen LogP contribution is -2.51. The molecule has 13 heavy (non-hydrogen) atoms. The molecule has 0 rings (SSSR count). The van der Waals surface area contributed by atoms with Crippen LogP contribution in [0.15, 0.2) is 0 Å². The number of thiocarbonyl (C=S) groups is 3. The van der Waals surface area contributed by atoms with Crippen LogP contribution in [0.4, 0.5) is 0 Å². The topological polar surface area (TPSA) is 63.9 Å². The smallest absolute Gasteiger partial charge is 0.141 e. The summed E-state index contributed by atoms with van der Waals surface area (Å²) in [4.78, 5) is 0.854. The zero-order chi connectivity index (χ0) is 10.4. The lowest BCUT2D eigenvalue weighted by Gasteiger charge is -2.30. The fourth-order valence-corrected chi connectivity index (χ4v) is 1.10. The molecule has 0 aliphatic heterocycles. The molecule has 3 atom stereocenters. The zero-order valence-electron chi connectivity index (χ0n) is 6.48. The van der Waals surface area contributed by atoms with Crippen molar-refractivity contribution in [2.75, 3.05) is 0 Å². The van der Waals surface area contributed by atoms with Crippen molar-refractivity contribution < 1.29 is 15.3 Å². The average Bonchev–Trinajstić information content (AvgIpc) is 2.16. The van der Waals surface area contributed by atoms with Gasteiger partial charge < -0.3 is 15.3 Å². The van der Waals surface area contributed by atoms with Gasteiger partial charge in [0.25, 0.3) is 0 Å². The Morgan fingerprint density at radius 2 is 1.00 bits per heavy atom. The van der Waals surface area contributed by atoms with Crippen molar-refractivity contribution in [1.82, 2.24) is 4.90 Å². The summed E-state index contributed by atoms with van der Waals surface area (Å²) in [5.74, 6) is 0. The van der Waals surface area contributed by atoms with Crippen molar-refractivity contribution in [3.63, 3.8) is 0 Å². The zero-order valence-corrected chi connectivity index (χ0v) is 8.93. The van der Waals surface area contributed by atoms with E-state index in [0.29, 0.717) is 0 Å². The van der Waals surface area contributed by atoms with Crippen molar-refractivity contribution in [1.29, 1.82) is 0 Å². The van der Waals surface area contributed by atoms with Crippen molar-refractivity contribution in [2.24, 2.45) is 0 Å². The highest BCUT2D eigenvalue weighted by Crippen LogP contribution is 2.03. The van der Waals surface area contributed by atoms with Gasteiger partial charge in [-0.15, -0.1) is 0 Å². The van der Waals surface area contributed by atoms with E-state index >= 15 is 0 Å². The molecule has 0 aromatic rings. The van der Waals surface area contributed by atoms with Crippen LogP contribution in [0.1, 0.15) is 0 Å². The number of aliphatic hydroxyl groups excluding tert-OH is 3. The molecule has 0 aromatic heterocycles. The number of hydrogen-bond donors (Lipinski definition) is 3. The van der Waals surface area contributed by atoms with Crippen LogP contribution in [0.2, 0.25) is 0 Å². The van der Waals surface area contributed by atoms with E-state index in [4.69, 9.17) is 0 Å². The van der Waals surface area contributed by atoms with E-state index in [2.05, 4.69) is 36.7 Å². The summed E-state index contributed by atoms with van der Waals surface area (Å²) in [5, 5.41) is 30.6. The van der Waals surface area contributed by atoms with Gasteiger partial charge >= 0.3 is 0 Å². The molecule has 0 aliphatic rings. The summed E-state index contributed by atoms with van der Waals surface area (Å²) in [6.45, 7) is 0. The van der Waals surface area contributed by atoms with Gasteiger partial charge in [0.2, 0.25) is 0 Å². The van der Waals surface area contributed by atoms with Gasteiger partial charge in [-0.2, -0.15) is 0 Å². The molecule has 0 aliphatic carbocycles. The van der Waals surface area contributed by atoms with Gasteiger partial charge in [-0.3, -0.25) is 0 Å². The largest absolute Gasteiger partial charge is 0.374 e. The summed E-state index contributed by atoms with van der Waals surface area (Å²) in [5.41, 5.74) is 0. The summed E-state index contributed by atoms with van der Waals surface area (Å²) >= 11 is 13.4. The molecular formula is C6H9NO3S3. The van der Waals surface area contributed by atoms with Crippen molar-refractivity contribution in [3.05, 3.63) is 0 Å². The summed E-state index contributed by atoms with van der Waals surface area (Å²) in [6.07, 6.45) is -3.84. The molecule has 3 N–H and O–H groups in total. The number of aliphatic hydroxyl groups is 3. The van der Waals surface area contributed by atoms with Crippen molar-refractivity contribution in [2.45, 2.75) is 18.7 Å². The first kappa shape index (κ1) is 13.1. The van der Waals surface area contributed by atoms with Gasteiger partial charge in [0.05, 0.1) is 0 Å². The maximum Gasteiger partial charge on any atom is 0.141 e. The molecule has 0 saturated heterocycles. The number of rotatable bonds is 6. The van der Waals surface area contributed by atoms with Gasteiger partial charge in [-0.05, 0) is 0 Å². The molecular weight excluding hydrogens is 230 g/mol. The molecule has 0 fully saturated rings. The Kier molecular flexibility index (Phi) is 6.60. The highest BCUT2D eigenvalue weighted by molar-refractivity contribution is 7.79. The SMILES string of the molecule is OC(C=S)N(C(O)C=S)C(O)C=S. The molecule has 3 unspecified atom stereocenters. The maximum atomic E-state index is 9.23. The van der Waals surface area contributed by atoms with E-state index in [-0.39, 0.29) is 0 Å². The lowest BCUT2D eigenvalue weighted by atomic mass is 10.4. The first-order valence-electron chi connectivity index (χ1n) is 3.26. The average molecular weight is 239 g/mol. The minimum Gasteiger partial charge on any atom is -0.374 e. The third kappa shape index (κ3) is 3.77. The van der Waals surface area contributed by atoms with E-state index in [1.54, 1.807) is 0 Å². The van der Waals surface area contributed by atoms with Crippen LogP contribution >= 0.6 is 36.7 Å². The first-order chi connectivity index (χ1) is 6.08. The minimum absolute atomic E-state index is 0.854. The van der Waals surface area contributed by atoms with Crippen LogP contribution in [-0.4, -0.2) is 55.0 Å². The molecule has 0 spiro atoms. The van der Waals surface area contributed by atoms with Crippen LogP contribution in [0.25, 0.3) is 0 Å². The molecule has 0 saturated carbocycles. The second-order valence-corrected chi connectivity index (χ2v) is 2.91. The molecule has 0 radical (unpaired) electrons. The predicted octanol–water partition coefficient (Wildman–Crippen LogP) is -0.757. The first-order valence-corrected chi connectivity index (χ1v) is 4.67. The van der Waals surface area contributed by atoms with Crippen LogP contribution in [0, 0.1) is 0 Å².